The lowest BCUT2D eigenvalue weighted by Gasteiger charge is -2.32. The van der Waals surface area contributed by atoms with Crippen LogP contribution in [0.4, 0.5) is 0 Å². The molecule has 0 spiro atoms. The van der Waals surface area contributed by atoms with Crippen molar-refractivity contribution >= 4 is 17.3 Å². The van der Waals surface area contributed by atoms with Gasteiger partial charge in [-0.2, -0.15) is 0 Å². The molecule has 1 aliphatic rings. The summed E-state index contributed by atoms with van der Waals surface area (Å²) >= 11 is 1.75. The van der Waals surface area contributed by atoms with Crippen molar-refractivity contribution in [3.8, 4) is 0 Å². The number of rotatable bonds is 8. The molecular formula is C20H37N5OS. The largest absolute Gasteiger partial charge is 0.383 e. The summed E-state index contributed by atoms with van der Waals surface area (Å²) < 4.78 is 5.18. The van der Waals surface area contributed by atoms with E-state index in [2.05, 4.69) is 48.6 Å². The monoisotopic (exact) mass is 395 g/mol. The van der Waals surface area contributed by atoms with E-state index in [-0.39, 0.29) is 5.41 Å². The number of thiazole rings is 1. The molecule has 1 aliphatic heterocycles. The quantitative estimate of drug-likeness (QED) is 0.523. The third-order valence-electron chi connectivity index (χ3n) is 4.80. The van der Waals surface area contributed by atoms with Crippen molar-refractivity contribution in [2.45, 2.75) is 58.4 Å². The molecule has 1 saturated heterocycles. The van der Waals surface area contributed by atoms with Crippen molar-refractivity contribution in [2.75, 3.05) is 46.4 Å². The molecule has 154 valence electrons. The number of aromatic nitrogens is 1. The number of guanidine groups is 1. The van der Waals surface area contributed by atoms with Gasteiger partial charge in [-0.05, 0) is 19.8 Å². The smallest absolute Gasteiger partial charge is 0.191 e. The first-order valence-electron chi connectivity index (χ1n) is 10.1. The van der Waals surface area contributed by atoms with E-state index in [1.807, 2.05) is 0 Å². The van der Waals surface area contributed by atoms with Gasteiger partial charge in [0.15, 0.2) is 5.96 Å². The van der Waals surface area contributed by atoms with Gasteiger partial charge in [0.1, 0.15) is 0 Å². The standard InChI is InChI=1S/C20H37N5OS/c1-6-21-19(23-16-8-11-25(12-9-16)13-14-26-5)22-10-7-18-24-17(15-27-18)20(2,3)4/h15-16H,6-14H2,1-5H3,(H2,21,22,23). The van der Waals surface area contributed by atoms with Crippen molar-refractivity contribution in [3.05, 3.63) is 16.1 Å². The first-order chi connectivity index (χ1) is 12.9. The van der Waals surface area contributed by atoms with Gasteiger partial charge < -0.3 is 20.3 Å². The zero-order valence-corrected chi connectivity index (χ0v) is 18.5. The number of nitrogens with zero attached hydrogens (tertiary/aromatic N) is 3. The van der Waals surface area contributed by atoms with Crippen LogP contribution in [0.1, 0.15) is 51.2 Å². The lowest BCUT2D eigenvalue weighted by Crippen LogP contribution is -2.49. The summed E-state index contributed by atoms with van der Waals surface area (Å²) in [4.78, 5) is 12.0. The number of hydrogen-bond donors (Lipinski definition) is 2. The molecule has 1 aromatic rings. The number of ether oxygens (including phenoxy) is 1. The second-order valence-electron chi connectivity index (χ2n) is 8.14. The predicted octanol–water partition coefficient (Wildman–Crippen LogP) is 2.65. The van der Waals surface area contributed by atoms with Gasteiger partial charge in [0, 0.05) is 63.1 Å². The second-order valence-corrected chi connectivity index (χ2v) is 9.08. The van der Waals surface area contributed by atoms with Gasteiger partial charge in [0.25, 0.3) is 0 Å². The van der Waals surface area contributed by atoms with Crippen molar-refractivity contribution in [3.63, 3.8) is 0 Å². The Morgan fingerprint density at radius 1 is 1.37 bits per heavy atom. The molecule has 0 aliphatic carbocycles. The van der Waals surface area contributed by atoms with Crippen LogP contribution in [-0.4, -0.2) is 68.3 Å². The highest BCUT2D eigenvalue weighted by molar-refractivity contribution is 7.09. The topological polar surface area (TPSA) is 61.8 Å². The molecular weight excluding hydrogens is 358 g/mol. The number of hydrogen-bond acceptors (Lipinski definition) is 5. The van der Waals surface area contributed by atoms with E-state index < -0.39 is 0 Å². The molecule has 0 bridgehead atoms. The normalized spacial score (nSPS) is 17.3. The van der Waals surface area contributed by atoms with Crippen LogP contribution in [-0.2, 0) is 16.6 Å². The number of likely N-dealkylation sites (tertiary alicyclic amines) is 1. The average Bonchev–Trinajstić information content (AvgIpc) is 3.11. The Bertz CT molecular complexity index is 573. The molecule has 2 rings (SSSR count). The Kier molecular flexibility index (Phi) is 8.99. The molecule has 0 radical (unpaired) electrons. The highest BCUT2D eigenvalue weighted by Gasteiger charge is 2.20. The van der Waals surface area contributed by atoms with E-state index in [1.165, 1.54) is 10.7 Å². The van der Waals surface area contributed by atoms with Crippen LogP contribution >= 0.6 is 11.3 Å². The van der Waals surface area contributed by atoms with Crippen LogP contribution in [0.3, 0.4) is 0 Å². The van der Waals surface area contributed by atoms with Crippen LogP contribution in [0.5, 0.6) is 0 Å². The van der Waals surface area contributed by atoms with Crippen LogP contribution in [0.15, 0.2) is 10.4 Å². The van der Waals surface area contributed by atoms with Gasteiger partial charge in [0.2, 0.25) is 0 Å². The van der Waals surface area contributed by atoms with Crippen LogP contribution in [0, 0.1) is 0 Å². The zero-order chi connectivity index (χ0) is 19.7. The molecule has 2 N–H and O–H groups in total. The van der Waals surface area contributed by atoms with E-state index in [4.69, 9.17) is 14.7 Å². The Balaban J connectivity index is 1.79. The summed E-state index contributed by atoms with van der Waals surface area (Å²) in [6, 6.07) is 0.494. The number of aliphatic imine (C=N–C) groups is 1. The maximum Gasteiger partial charge on any atom is 0.191 e. The SMILES string of the molecule is CCNC(=NCCc1nc(C(C)(C)C)cs1)NC1CCN(CCOC)CC1. The number of piperidine rings is 1. The van der Waals surface area contributed by atoms with Gasteiger partial charge in [0.05, 0.1) is 17.3 Å². The molecule has 0 atom stereocenters. The molecule has 0 amide bonds. The summed E-state index contributed by atoms with van der Waals surface area (Å²) in [5, 5.41) is 10.3. The van der Waals surface area contributed by atoms with E-state index in [0.717, 1.165) is 64.6 Å². The fourth-order valence-electron chi connectivity index (χ4n) is 3.07. The first-order valence-corrected chi connectivity index (χ1v) is 11.0. The Morgan fingerprint density at radius 3 is 2.70 bits per heavy atom. The molecule has 1 fully saturated rings. The van der Waals surface area contributed by atoms with Crippen LogP contribution in [0.2, 0.25) is 0 Å². The summed E-state index contributed by atoms with van der Waals surface area (Å²) in [5.41, 5.74) is 1.30. The number of nitrogens with one attached hydrogen (secondary N) is 2. The van der Waals surface area contributed by atoms with Crippen LogP contribution < -0.4 is 10.6 Å². The maximum absolute atomic E-state index is 5.18. The van der Waals surface area contributed by atoms with E-state index in [1.54, 1.807) is 18.4 Å². The molecule has 27 heavy (non-hydrogen) atoms. The molecule has 1 aromatic heterocycles. The van der Waals surface area contributed by atoms with Crippen LogP contribution in [0.25, 0.3) is 0 Å². The van der Waals surface area contributed by atoms with Gasteiger partial charge in [-0.25, -0.2) is 4.98 Å². The summed E-state index contributed by atoms with van der Waals surface area (Å²) in [6.45, 7) is 14.5. The van der Waals surface area contributed by atoms with Crippen molar-refractivity contribution in [1.82, 2.24) is 20.5 Å². The summed E-state index contributed by atoms with van der Waals surface area (Å²) in [5.74, 6) is 0.931. The van der Waals surface area contributed by atoms with Crippen molar-refractivity contribution < 1.29 is 4.74 Å². The fraction of sp³-hybridized carbons (Fsp3) is 0.800. The third kappa shape index (κ3) is 7.76. The molecule has 2 heterocycles. The van der Waals surface area contributed by atoms with Crippen molar-refractivity contribution in [2.24, 2.45) is 4.99 Å². The van der Waals surface area contributed by atoms with Gasteiger partial charge in [-0.15, -0.1) is 11.3 Å². The summed E-state index contributed by atoms with van der Waals surface area (Å²) in [6.07, 6.45) is 3.19. The Morgan fingerprint density at radius 2 is 2.11 bits per heavy atom. The van der Waals surface area contributed by atoms with Gasteiger partial charge in [-0.1, -0.05) is 20.8 Å². The Labute approximate surface area is 168 Å². The fourth-order valence-corrected chi connectivity index (χ4v) is 4.08. The average molecular weight is 396 g/mol. The summed E-state index contributed by atoms with van der Waals surface area (Å²) in [7, 11) is 1.77. The van der Waals surface area contributed by atoms with E-state index >= 15 is 0 Å². The highest BCUT2D eigenvalue weighted by Crippen LogP contribution is 2.24. The molecule has 7 heteroatoms. The zero-order valence-electron chi connectivity index (χ0n) is 17.7. The lowest BCUT2D eigenvalue weighted by molar-refractivity contribution is 0.128. The molecule has 0 aromatic carbocycles. The van der Waals surface area contributed by atoms with Gasteiger partial charge in [-0.3, -0.25) is 4.99 Å². The minimum atomic E-state index is 0.118. The molecule has 0 unspecified atom stereocenters. The first kappa shape index (κ1) is 22.1. The maximum atomic E-state index is 5.18. The molecule has 0 saturated carbocycles. The predicted molar refractivity (Wildman–Crippen MR) is 115 cm³/mol. The number of methoxy groups -OCH3 is 1. The highest BCUT2D eigenvalue weighted by atomic mass is 32.1. The minimum absolute atomic E-state index is 0.118. The van der Waals surface area contributed by atoms with E-state index in [0.29, 0.717) is 6.04 Å². The minimum Gasteiger partial charge on any atom is -0.383 e. The molecule has 6 nitrogen and oxygen atoms in total. The second kappa shape index (κ2) is 11.0. The third-order valence-corrected chi connectivity index (χ3v) is 5.71. The Hall–Kier alpha value is -1.18. The van der Waals surface area contributed by atoms with Gasteiger partial charge >= 0.3 is 0 Å². The van der Waals surface area contributed by atoms with E-state index in [9.17, 15) is 0 Å². The van der Waals surface area contributed by atoms with Crippen molar-refractivity contribution in [1.29, 1.82) is 0 Å². The lowest BCUT2D eigenvalue weighted by atomic mass is 9.93.